The summed E-state index contributed by atoms with van der Waals surface area (Å²) in [5.41, 5.74) is 0. The molecule has 0 fully saturated rings. The maximum absolute atomic E-state index is 8.39. The van der Waals surface area contributed by atoms with Crippen LogP contribution in [0.2, 0.25) is 0 Å². The zero-order valence-electron chi connectivity index (χ0n) is 1.62. The van der Waals surface area contributed by atoms with Crippen LogP contribution in [0, 0.1) is 0 Å². The first-order valence-corrected chi connectivity index (χ1v) is 1.79. The van der Waals surface area contributed by atoms with Gasteiger partial charge >= 0.3 is 104 Å². The van der Waals surface area contributed by atoms with Gasteiger partial charge in [0.15, 0.2) is 0 Å². The first-order valence-electron chi connectivity index (χ1n) is 0.204. The van der Waals surface area contributed by atoms with E-state index < -0.39 is 0 Å². The van der Waals surface area contributed by atoms with Crippen molar-refractivity contribution in [3.8, 4) is 0 Å². The molecule has 0 aliphatic rings. The van der Waals surface area contributed by atoms with Crippen molar-refractivity contribution in [2.24, 2.45) is 0 Å². The molecule has 0 N–H and O–H groups in total. The molecule has 0 aromatic heterocycles. The topological polar surface area (TPSA) is 17.1 Å². The van der Waals surface area contributed by atoms with Crippen molar-refractivity contribution in [2.45, 2.75) is 0 Å². The molecule has 1 nitrogen and oxygen atoms in total. The van der Waals surface area contributed by atoms with Crippen LogP contribution in [-0.4, -0.2) is 101 Å². The van der Waals surface area contributed by atoms with Gasteiger partial charge in [-0.25, -0.2) is 0 Å². The number of hydrogen-bond acceptors (Lipinski definition) is 1. The zero-order chi connectivity index (χ0) is 2.00. The molecule has 0 bridgehead atoms. The Balaban J connectivity index is -0.00000000500. The Morgan fingerprint density at radius 1 is 1.25 bits per heavy atom. The molecule has 0 spiro atoms. The van der Waals surface area contributed by atoms with Gasteiger partial charge in [-0.15, -0.1) is 0 Å². The van der Waals surface area contributed by atoms with Gasteiger partial charge in [-0.3, -0.25) is 0 Å². The Morgan fingerprint density at radius 2 is 1.25 bits per heavy atom. The van der Waals surface area contributed by atoms with Crippen LogP contribution >= 0.6 is 0 Å². The van der Waals surface area contributed by atoms with Gasteiger partial charge in [-0.1, -0.05) is 0 Å². The first kappa shape index (κ1) is 15.7. The second-order valence-electron chi connectivity index (χ2n) is 0. The van der Waals surface area contributed by atoms with Crippen LogP contribution < -0.4 is 0 Å². The Morgan fingerprint density at radius 3 is 1.25 bits per heavy atom. The van der Waals surface area contributed by atoms with Gasteiger partial charge in [-0.2, -0.15) is 0 Å². The van der Waals surface area contributed by atoms with E-state index in [1.54, 1.807) is 0 Å². The van der Waals surface area contributed by atoms with E-state index in [4.69, 9.17) is 2.81 Å². The second-order valence-corrected chi connectivity index (χ2v) is 0. The zero-order valence-corrected chi connectivity index (χ0v) is 11.0. The van der Waals surface area contributed by atoms with Gasteiger partial charge < -0.3 is 0 Å². The summed E-state index contributed by atoms with van der Waals surface area (Å²) >= 11 is 0.0556. The van der Waals surface area contributed by atoms with E-state index >= 15 is 0 Å². The molecule has 4 heavy (non-hydrogen) atoms. The van der Waals surface area contributed by atoms with Gasteiger partial charge in [-0.05, 0) is 0 Å². The molecule has 0 heterocycles. The molecule has 0 atom stereocenters. The Bertz CT molecular complexity index is 8.00. The van der Waals surface area contributed by atoms with E-state index in [-0.39, 0.29) is 101 Å². The summed E-state index contributed by atoms with van der Waals surface area (Å²) in [7, 11) is 0. The quantitative estimate of drug-likeness (QED) is 0.291. The molecular formula is H5BaBiOPb. The fourth-order valence-electron chi connectivity index (χ4n) is 0. The van der Waals surface area contributed by atoms with Crippen molar-refractivity contribution in [2.75, 3.05) is 0 Å². The summed E-state index contributed by atoms with van der Waals surface area (Å²) in [4.78, 5) is 0. The third-order valence-electron chi connectivity index (χ3n) is 0. The molecule has 0 unspecified atom stereocenters. The fraction of sp³-hybridized carbons (Fsp3) is 0. The minimum atomic E-state index is 0. The molecule has 0 rings (SSSR count). The van der Waals surface area contributed by atoms with Crippen LogP contribution in [0.1, 0.15) is 0 Å². The van der Waals surface area contributed by atoms with E-state index in [0.29, 0.717) is 0 Å². The molecule has 22 valence electrons. The number of rotatable bonds is 0. The van der Waals surface area contributed by atoms with Crippen molar-refractivity contribution in [3.63, 3.8) is 0 Å². The Hall–Kier alpha value is 3.18. The first-order chi connectivity index (χ1) is 1.00. The van der Waals surface area contributed by atoms with Gasteiger partial charge in [0, 0.05) is 0 Å². The predicted octanol–water partition coefficient (Wildman–Crippen LogP) is -2.60. The second kappa shape index (κ2) is 16.4. The van der Waals surface area contributed by atoms with Gasteiger partial charge in [0.2, 0.25) is 0 Å². The summed E-state index contributed by atoms with van der Waals surface area (Å²) < 4.78 is 8.39. The van der Waals surface area contributed by atoms with Crippen LogP contribution in [0.15, 0.2) is 0 Å². The van der Waals surface area contributed by atoms with Gasteiger partial charge in [0.05, 0.1) is 0 Å². The predicted molar refractivity (Wildman–Crippen MR) is 24.9 cm³/mol. The van der Waals surface area contributed by atoms with Crippen molar-refractivity contribution in [3.05, 3.63) is 0 Å². The Labute approximate surface area is 101 Å². The molecule has 0 aromatic carbocycles. The molecule has 0 aliphatic carbocycles. The third-order valence-corrected chi connectivity index (χ3v) is 0. The molecule has 0 amide bonds. The van der Waals surface area contributed by atoms with Crippen molar-refractivity contribution >= 4 is 101 Å². The average molecular weight is 575 g/mol. The van der Waals surface area contributed by atoms with E-state index in [0.717, 1.165) is 0 Å². The average Bonchev–Trinajstić information content (AvgIpc) is 1.00. The normalized spacial score (nSPS) is 1.00. The van der Waals surface area contributed by atoms with Crippen LogP contribution in [0.3, 0.4) is 0 Å². The van der Waals surface area contributed by atoms with E-state index in [9.17, 15) is 0 Å². The van der Waals surface area contributed by atoms with Crippen molar-refractivity contribution in [1.29, 1.82) is 0 Å². The molecule has 0 aromatic rings. The minimum absolute atomic E-state index is 0. The van der Waals surface area contributed by atoms with E-state index in [2.05, 4.69) is 0 Å². The molecule has 0 aliphatic heterocycles. The van der Waals surface area contributed by atoms with Crippen LogP contribution in [0.25, 0.3) is 0 Å². The van der Waals surface area contributed by atoms with Crippen LogP contribution in [-0.2, 0) is 2.81 Å². The molecule has 4 heteroatoms. The molecule has 0 saturated carbocycles. The molecular weight excluding hydrogens is 570 g/mol. The summed E-state index contributed by atoms with van der Waals surface area (Å²) in [6.07, 6.45) is 0. The van der Waals surface area contributed by atoms with E-state index in [1.807, 2.05) is 0 Å². The van der Waals surface area contributed by atoms with Crippen LogP contribution in [0.5, 0.6) is 0 Å². The standard InChI is InChI=1S/Ba.Bi.O.Pb.5H. The molecule has 2 radical (unpaired) electrons. The van der Waals surface area contributed by atoms with E-state index in [1.165, 1.54) is 0 Å². The SMILES string of the molecule is [BaH2].[O]=[BiH].[PbH2]. The Kier molecular flexibility index (Phi) is 64.4. The summed E-state index contributed by atoms with van der Waals surface area (Å²) in [6, 6.07) is 0. The van der Waals surface area contributed by atoms with Crippen molar-refractivity contribution in [1.82, 2.24) is 0 Å². The third kappa shape index (κ3) is 8.95. The molecule has 0 saturated heterocycles. The summed E-state index contributed by atoms with van der Waals surface area (Å²) in [5, 5.41) is 0. The number of hydrogen-bond donors (Lipinski definition) is 0. The monoisotopic (exact) mass is 576 g/mol. The van der Waals surface area contributed by atoms with Crippen LogP contribution in [0.4, 0.5) is 0 Å². The van der Waals surface area contributed by atoms with Gasteiger partial charge in [0.1, 0.15) is 0 Å². The summed E-state index contributed by atoms with van der Waals surface area (Å²) in [5.74, 6) is 0. The van der Waals surface area contributed by atoms with Crippen molar-refractivity contribution < 1.29 is 2.81 Å². The summed E-state index contributed by atoms with van der Waals surface area (Å²) in [6.45, 7) is 0. The maximum atomic E-state index is 8.39. The fourth-order valence-corrected chi connectivity index (χ4v) is 0. The van der Waals surface area contributed by atoms with Gasteiger partial charge in [0.25, 0.3) is 0 Å².